The maximum Gasteiger partial charge on any atom is 0.161 e. The normalized spacial score (nSPS) is 10.2. The molecular weight excluding hydrogens is 276 g/mol. The fourth-order valence-electron chi connectivity index (χ4n) is 1.88. The lowest BCUT2D eigenvalue weighted by atomic mass is 10.2. The molecular formula is C15H17ClN2O2. The van der Waals surface area contributed by atoms with Crippen LogP contribution in [0.5, 0.6) is 11.5 Å². The first-order chi connectivity index (χ1) is 9.65. The van der Waals surface area contributed by atoms with Gasteiger partial charge >= 0.3 is 0 Å². The molecule has 0 saturated heterocycles. The van der Waals surface area contributed by atoms with E-state index in [1.54, 1.807) is 20.3 Å². The Balaban J connectivity index is 2.13. The van der Waals surface area contributed by atoms with Crippen molar-refractivity contribution >= 4 is 23.0 Å². The van der Waals surface area contributed by atoms with Gasteiger partial charge in [-0.2, -0.15) is 0 Å². The number of ether oxygens (including phenoxy) is 2. The van der Waals surface area contributed by atoms with Crippen molar-refractivity contribution in [1.82, 2.24) is 0 Å². The number of benzene rings is 2. The lowest BCUT2D eigenvalue weighted by Crippen LogP contribution is -2.03. The van der Waals surface area contributed by atoms with Crippen LogP contribution in [-0.4, -0.2) is 14.2 Å². The number of nitrogens with one attached hydrogen (secondary N) is 1. The van der Waals surface area contributed by atoms with Crippen LogP contribution in [0.1, 0.15) is 5.56 Å². The van der Waals surface area contributed by atoms with Gasteiger partial charge in [-0.1, -0.05) is 23.7 Å². The minimum Gasteiger partial charge on any atom is -0.493 e. The second-order valence-corrected chi connectivity index (χ2v) is 4.65. The number of halogens is 1. The highest BCUT2D eigenvalue weighted by Crippen LogP contribution is 2.29. The number of anilines is 2. The molecule has 0 saturated carbocycles. The van der Waals surface area contributed by atoms with Crippen molar-refractivity contribution in [2.45, 2.75) is 6.54 Å². The second-order valence-electron chi connectivity index (χ2n) is 4.24. The third-order valence-corrected chi connectivity index (χ3v) is 3.31. The molecule has 0 amide bonds. The summed E-state index contributed by atoms with van der Waals surface area (Å²) in [6, 6.07) is 11.3. The summed E-state index contributed by atoms with van der Waals surface area (Å²) >= 11 is 5.98. The maximum atomic E-state index is 5.98. The van der Waals surface area contributed by atoms with Crippen LogP contribution in [0.3, 0.4) is 0 Å². The van der Waals surface area contributed by atoms with Gasteiger partial charge in [0.1, 0.15) is 0 Å². The standard InChI is InChI=1S/C15H17ClN2O2/c1-19-13-7-6-10(8-14(13)20-2)9-18-12-5-3-4-11(16)15(12)17/h3-8,18H,9,17H2,1-2H3. The van der Waals surface area contributed by atoms with Gasteiger partial charge < -0.3 is 20.5 Å². The van der Waals surface area contributed by atoms with Crippen molar-refractivity contribution in [2.75, 3.05) is 25.3 Å². The van der Waals surface area contributed by atoms with E-state index in [-0.39, 0.29) is 0 Å². The molecule has 0 aromatic heterocycles. The molecule has 0 bridgehead atoms. The number of rotatable bonds is 5. The van der Waals surface area contributed by atoms with E-state index in [2.05, 4.69) is 5.32 Å². The Labute approximate surface area is 123 Å². The van der Waals surface area contributed by atoms with E-state index in [1.807, 2.05) is 30.3 Å². The molecule has 3 N–H and O–H groups in total. The second kappa shape index (κ2) is 6.39. The third kappa shape index (κ3) is 3.08. The summed E-state index contributed by atoms with van der Waals surface area (Å²) in [7, 11) is 3.23. The van der Waals surface area contributed by atoms with Crippen molar-refractivity contribution in [2.24, 2.45) is 0 Å². The Kier molecular flexibility index (Phi) is 4.58. The van der Waals surface area contributed by atoms with Crippen molar-refractivity contribution < 1.29 is 9.47 Å². The first kappa shape index (κ1) is 14.3. The molecule has 2 aromatic rings. The summed E-state index contributed by atoms with van der Waals surface area (Å²) in [6.07, 6.45) is 0. The van der Waals surface area contributed by atoms with Gasteiger partial charge in [0.2, 0.25) is 0 Å². The summed E-state index contributed by atoms with van der Waals surface area (Å²) in [5, 5.41) is 3.80. The molecule has 0 atom stereocenters. The van der Waals surface area contributed by atoms with Crippen LogP contribution in [0.25, 0.3) is 0 Å². The molecule has 0 spiro atoms. The van der Waals surface area contributed by atoms with Crippen molar-refractivity contribution in [1.29, 1.82) is 0 Å². The Bertz CT molecular complexity index is 602. The van der Waals surface area contributed by atoms with Gasteiger partial charge in [0.15, 0.2) is 11.5 Å². The van der Waals surface area contributed by atoms with Gasteiger partial charge in [0.25, 0.3) is 0 Å². The van der Waals surface area contributed by atoms with E-state index in [4.69, 9.17) is 26.8 Å². The highest BCUT2D eigenvalue weighted by atomic mass is 35.5. The van der Waals surface area contributed by atoms with E-state index >= 15 is 0 Å². The van der Waals surface area contributed by atoms with Crippen LogP contribution in [-0.2, 0) is 6.54 Å². The van der Waals surface area contributed by atoms with Gasteiger partial charge in [-0.15, -0.1) is 0 Å². The van der Waals surface area contributed by atoms with Crippen LogP contribution in [0, 0.1) is 0 Å². The Morgan fingerprint density at radius 2 is 1.85 bits per heavy atom. The van der Waals surface area contributed by atoms with Gasteiger partial charge in [0.05, 0.1) is 30.6 Å². The predicted molar refractivity (Wildman–Crippen MR) is 82.7 cm³/mol. The van der Waals surface area contributed by atoms with Gasteiger partial charge in [-0.05, 0) is 29.8 Å². The first-order valence-corrected chi connectivity index (χ1v) is 6.52. The fourth-order valence-corrected chi connectivity index (χ4v) is 2.05. The summed E-state index contributed by atoms with van der Waals surface area (Å²) < 4.78 is 10.5. The lowest BCUT2D eigenvalue weighted by molar-refractivity contribution is 0.354. The third-order valence-electron chi connectivity index (χ3n) is 2.98. The van der Waals surface area contributed by atoms with Crippen LogP contribution >= 0.6 is 11.6 Å². The summed E-state index contributed by atoms with van der Waals surface area (Å²) in [4.78, 5) is 0. The number of hydrogen-bond donors (Lipinski definition) is 2. The molecule has 4 nitrogen and oxygen atoms in total. The monoisotopic (exact) mass is 292 g/mol. The van der Waals surface area contributed by atoms with E-state index in [0.29, 0.717) is 28.8 Å². The van der Waals surface area contributed by atoms with Crippen LogP contribution in [0.2, 0.25) is 5.02 Å². The molecule has 2 aromatic carbocycles. The van der Waals surface area contributed by atoms with Gasteiger partial charge in [-0.25, -0.2) is 0 Å². The van der Waals surface area contributed by atoms with E-state index in [0.717, 1.165) is 11.3 Å². The zero-order chi connectivity index (χ0) is 14.5. The summed E-state index contributed by atoms with van der Waals surface area (Å²) in [5.41, 5.74) is 8.33. The minimum absolute atomic E-state index is 0.544. The highest BCUT2D eigenvalue weighted by molar-refractivity contribution is 6.33. The smallest absolute Gasteiger partial charge is 0.161 e. The number of nitrogens with two attached hydrogens (primary N) is 1. The van der Waals surface area contributed by atoms with Crippen molar-refractivity contribution in [3.05, 3.63) is 47.0 Å². The molecule has 0 unspecified atom stereocenters. The SMILES string of the molecule is COc1ccc(CNc2cccc(Cl)c2N)cc1OC. The average molecular weight is 293 g/mol. The Morgan fingerprint density at radius 1 is 1.10 bits per heavy atom. The van der Waals surface area contributed by atoms with E-state index < -0.39 is 0 Å². The fraction of sp³-hybridized carbons (Fsp3) is 0.200. The quantitative estimate of drug-likeness (QED) is 0.828. The predicted octanol–water partition coefficient (Wildman–Crippen LogP) is 3.55. The topological polar surface area (TPSA) is 56.5 Å². The van der Waals surface area contributed by atoms with Gasteiger partial charge in [-0.3, -0.25) is 0 Å². The largest absolute Gasteiger partial charge is 0.493 e. The molecule has 20 heavy (non-hydrogen) atoms. The molecule has 0 heterocycles. The number of methoxy groups -OCH3 is 2. The van der Waals surface area contributed by atoms with Gasteiger partial charge in [0, 0.05) is 6.54 Å². The molecule has 0 aliphatic carbocycles. The molecule has 106 valence electrons. The lowest BCUT2D eigenvalue weighted by Gasteiger charge is -2.12. The van der Waals surface area contributed by atoms with E-state index in [9.17, 15) is 0 Å². The molecule has 5 heteroatoms. The summed E-state index contributed by atoms with van der Waals surface area (Å²) in [6.45, 7) is 0.616. The Morgan fingerprint density at radius 3 is 2.55 bits per heavy atom. The summed E-state index contributed by atoms with van der Waals surface area (Å²) in [5.74, 6) is 1.41. The zero-order valence-electron chi connectivity index (χ0n) is 11.4. The maximum absolute atomic E-state index is 5.98. The number of nitrogen functional groups attached to an aromatic ring is 1. The first-order valence-electron chi connectivity index (χ1n) is 6.14. The molecule has 0 fully saturated rings. The number of para-hydroxylation sites is 1. The van der Waals surface area contributed by atoms with Crippen LogP contribution in [0.4, 0.5) is 11.4 Å². The van der Waals surface area contributed by atoms with E-state index in [1.165, 1.54) is 0 Å². The average Bonchev–Trinajstić information content (AvgIpc) is 2.48. The van der Waals surface area contributed by atoms with Crippen molar-refractivity contribution in [3.63, 3.8) is 0 Å². The van der Waals surface area contributed by atoms with Crippen LogP contribution < -0.4 is 20.5 Å². The number of hydrogen-bond acceptors (Lipinski definition) is 4. The zero-order valence-corrected chi connectivity index (χ0v) is 12.2. The molecule has 0 aliphatic rings. The van der Waals surface area contributed by atoms with Crippen LogP contribution in [0.15, 0.2) is 36.4 Å². The Hall–Kier alpha value is -2.07. The molecule has 0 radical (unpaired) electrons. The molecule has 0 aliphatic heterocycles. The minimum atomic E-state index is 0.544. The van der Waals surface area contributed by atoms with Crippen molar-refractivity contribution in [3.8, 4) is 11.5 Å². The molecule has 2 rings (SSSR count). The highest BCUT2D eigenvalue weighted by Gasteiger charge is 2.06.